The summed E-state index contributed by atoms with van der Waals surface area (Å²) in [6.45, 7) is 0. The normalized spacial score (nSPS) is 7.50. The van der Waals surface area contributed by atoms with E-state index in [0.717, 1.165) is 0 Å². The molecule has 0 saturated heterocycles. The first kappa shape index (κ1) is 5.00. The van der Waals surface area contributed by atoms with E-state index in [1.54, 1.807) is 23.0 Å². The molecule has 0 aliphatic heterocycles. The minimum absolute atomic E-state index is 0.343. The predicted octanol–water partition coefficient (Wildman–Crippen LogP) is 1.47. The maximum atomic E-state index is 7.56. The van der Waals surface area contributed by atoms with Crippen molar-refractivity contribution < 1.29 is 7.07 Å². The fraction of sp³-hybridized carbons (Fsp3) is 0. The third-order valence-electron chi connectivity index (χ3n) is 0.0282. The van der Waals surface area contributed by atoms with Gasteiger partial charge in [-0.05, 0) is 0 Å². The van der Waals surface area contributed by atoms with Crippen molar-refractivity contribution in [2.75, 3.05) is 0 Å². The monoisotopic (exact) mass is 192 g/mol. The van der Waals surface area contributed by atoms with Gasteiger partial charge in [0, 0.05) is 0 Å². The topological polar surface area (TPSA) is 29.5 Å². The number of halogens is 1. The van der Waals surface area contributed by atoms with E-state index in [4.69, 9.17) is 4.55 Å². The van der Waals surface area contributed by atoms with Crippen LogP contribution < -0.4 is 0 Å². The highest BCUT2D eigenvalue weighted by molar-refractivity contribution is 14.1. The molecule has 0 aromatic heterocycles. The van der Waals surface area contributed by atoms with E-state index in [1.807, 2.05) is 0 Å². The highest BCUT2D eigenvalue weighted by Crippen LogP contribution is 1.98. The van der Waals surface area contributed by atoms with Crippen LogP contribution in [0.3, 0.4) is 0 Å². The standard InChI is InChI=1S/HIO2S/c1-3-4-2/h2H. The Balaban J connectivity index is 1.97. The third-order valence-corrected chi connectivity index (χ3v) is 0.567. The largest absolute Gasteiger partial charge is 0.306 e. The molecule has 0 aliphatic rings. The molecule has 0 aromatic rings. The fourth-order valence-electron chi connectivity index (χ4n) is 0. The summed E-state index contributed by atoms with van der Waals surface area (Å²) < 4.78 is 11.5. The van der Waals surface area contributed by atoms with Gasteiger partial charge in [0.2, 0.25) is 0 Å². The molecule has 0 rings (SSSR count). The van der Waals surface area contributed by atoms with Gasteiger partial charge in [-0.3, -0.25) is 0 Å². The maximum absolute atomic E-state index is 7.56. The second kappa shape index (κ2) is 4.00. The highest BCUT2D eigenvalue weighted by Gasteiger charge is 1.59. The second-order valence-electron chi connectivity index (χ2n) is 0.138. The summed E-state index contributed by atoms with van der Waals surface area (Å²) in [5.74, 6) is 0. The van der Waals surface area contributed by atoms with Crippen LogP contribution in [0.1, 0.15) is 0 Å². The third kappa shape index (κ3) is 3.00. The van der Waals surface area contributed by atoms with Gasteiger partial charge in [-0.2, -0.15) is 0 Å². The van der Waals surface area contributed by atoms with Crippen LogP contribution >= 0.6 is 35.3 Å². The van der Waals surface area contributed by atoms with Crippen LogP contribution in [0.5, 0.6) is 0 Å². The molecule has 1 N–H and O–H groups in total. The molecule has 0 saturated carbocycles. The van der Waals surface area contributed by atoms with Gasteiger partial charge in [0.1, 0.15) is 23.0 Å². The molecule has 0 radical (unpaired) electrons. The molecule has 0 unspecified atom stereocenters. The van der Waals surface area contributed by atoms with E-state index in [-0.39, 0.29) is 0 Å². The van der Waals surface area contributed by atoms with Crippen molar-refractivity contribution >= 4 is 35.3 Å². The zero-order chi connectivity index (χ0) is 3.41. The Kier molecular flexibility index (Phi) is 5.00. The lowest BCUT2D eigenvalue weighted by molar-refractivity contribution is 0.604. The minimum Gasteiger partial charge on any atom is -0.306 e. The molecular formula is HIO2S. The lowest BCUT2D eigenvalue weighted by Gasteiger charge is -1.67. The zero-order valence-corrected chi connectivity index (χ0v) is 4.62. The van der Waals surface area contributed by atoms with Crippen LogP contribution in [0.25, 0.3) is 0 Å². The van der Waals surface area contributed by atoms with E-state index in [0.29, 0.717) is 12.3 Å². The lowest BCUT2D eigenvalue weighted by atomic mass is 15.9. The van der Waals surface area contributed by atoms with Gasteiger partial charge in [-0.15, -0.1) is 0 Å². The summed E-state index contributed by atoms with van der Waals surface area (Å²) in [5.41, 5.74) is 0. The molecular weight excluding hydrogens is 191 g/mol. The SMILES string of the molecule is OSOI. The van der Waals surface area contributed by atoms with E-state index in [1.165, 1.54) is 0 Å². The Labute approximate surface area is 42.6 Å². The Morgan fingerprint density at radius 3 is 2.25 bits per heavy atom. The van der Waals surface area contributed by atoms with Gasteiger partial charge in [-0.1, -0.05) is 0 Å². The quantitative estimate of drug-likeness (QED) is 0.503. The van der Waals surface area contributed by atoms with Gasteiger partial charge < -0.3 is 4.55 Å². The summed E-state index contributed by atoms with van der Waals surface area (Å²) in [6.07, 6.45) is 0. The smallest absolute Gasteiger partial charge is 0.166 e. The van der Waals surface area contributed by atoms with Crippen molar-refractivity contribution in [1.82, 2.24) is 0 Å². The lowest BCUT2D eigenvalue weighted by Crippen LogP contribution is -1.39. The van der Waals surface area contributed by atoms with E-state index >= 15 is 0 Å². The number of rotatable bonds is 1. The zero-order valence-electron chi connectivity index (χ0n) is 1.64. The molecule has 4 heteroatoms. The summed E-state index contributed by atoms with van der Waals surface area (Å²) in [7, 11) is 0. The van der Waals surface area contributed by atoms with E-state index < -0.39 is 0 Å². The summed E-state index contributed by atoms with van der Waals surface area (Å²) in [4.78, 5) is 0. The Morgan fingerprint density at radius 1 is 2.00 bits per heavy atom. The summed E-state index contributed by atoms with van der Waals surface area (Å²) in [6, 6.07) is 0. The summed E-state index contributed by atoms with van der Waals surface area (Å²) >= 11 is 1.91. The van der Waals surface area contributed by atoms with E-state index in [2.05, 4.69) is 2.51 Å². The van der Waals surface area contributed by atoms with Crippen molar-refractivity contribution in [3.8, 4) is 0 Å². The number of hydrogen-bond acceptors (Lipinski definition) is 3. The minimum atomic E-state index is 0.343. The average Bonchev–Trinajstić information content (AvgIpc) is 1.37. The van der Waals surface area contributed by atoms with Crippen molar-refractivity contribution in [2.24, 2.45) is 0 Å². The number of hydrogen-bond donors (Lipinski definition) is 1. The highest BCUT2D eigenvalue weighted by atomic mass is 127. The van der Waals surface area contributed by atoms with Gasteiger partial charge in [0.15, 0.2) is 12.3 Å². The van der Waals surface area contributed by atoms with Crippen molar-refractivity contribution in [1.29, 1.82) is 0 Å². The van der Waals surface area contributed by atoms with Gasteiger partial charge >= 0.3 is 0 Å². The first-order valence-electron chi connectivity index (χ1n) is 0.504. The molecule has 2 nitrogen and oxygen atoms in total. The molecule has 4 heavy (non-hydrogen) atoms. The molecule has 0 atom stereocenters. The van der Waals surface area contributed by atoms with Gasteiger partial charge in [-0.25, -0.2) is 2.51 Å². The van der Waals surface area contributed by atoms with Crippen LogP contribution in [-0.2, 0) is 2.51 Å². The Hall–Kier alpha value is 1.00. The molecule has 0 heterocycles. The predicted molar refractivity (Wildman–Crippen MR) is 25.3 cm³/mol. The molecule has 0 fully saturated rings. The molecule has 26 valence electrons. The van der Waals surface area contributed by atoms with Crippen LogP contribution in [0.4, 0.5) is 0 Å². The Morgan fingerprint density at radius 2 is 2.25 bits per heavy atom. The second-order valence-corrected chi connectivity index (χ2v) is 1.49. The Bertz CT molecular complexity index is 8.00. The molecule has 0 aromatic carbocycles. The molecule has 0 bridgehead atoms. The van der Waals surface area contributed by atoms with Crippen LogP contribution in [-0.4, -0.2) is 4.55 Å². The van der Waals surface area contributed by atoms with Gasteiger partial charge in [0.05, 0.1) is 0 Å². The van der Waals surface area contributed by atoms with Crippen molar-refractivity contribution in [3.63, 3.8) is 0 Å². The maximum Gasteiger partial charge on any atom is 0.166 e. The van der Waals surface area contributed by atoms with Crippen molar-refractivity contribution in [3.05, 3.63) is 0 Å². The summed E-state index contributed by atoms with van der Waals surface area (Å²) in [5, 5.41) is 0. The van der Waals surface area contributed by atoms with Gasteiger partial charge in [0.25, 0.3) is 0 Å². The molecule has 0 amide bonds. The molecule has 0 aliphatic carbocycles. The van der Waals surface area contributed by atoms with Crippen LogP contribution in [0, 0.1) is 0 Å². The van der Waals surface area contributed by atoms with Crippen molar-refractivity contribution in [2.45, 2.75) is 0 Å². The average molecular weight is 192 g/mol. The fourth-order valence-corrected chi connectivity index (χ4v) is 0. The van der Waals surface area contributed by atoms with Crippen LogP contribution in [0.2, 0.25) is 0 Å². The molecule has 0 spiro atoms. The first-order valence-corrected chi connectivity index (χ1v) is 2.08. The first-order chi connectivity index (χ1) is 1.91. The van der Waals surface area contributed by atoms with E-state index in [9.17, 15) is 0 Å². The van der Waals surface area contributed by atoms with Crippen LogP contribution in [0.15, 0.2) is 0 Å².